The monoisotopic (exact) mass is 377 g/mol. The van der Waals surface area contributed by atoms with Crippen molar-refractivity contribution in [2.45, 2.75) is 39.2 Å². The molecule has 10 heteroatoms. The van der Waals surface area contributed by atoms with Crippen molar-refractivity contribution in [2.75, 3.05) is 18.5 Å². The van der Waals surface area contributed by atoms with Crippen LogP contribution in [0.15, 0.2) is 0 Å². The highest BCUT2D eigenvalue weighted by Crippen LogP contribution is 2.42. The molecular weight excluding hydrogens is 354 g/mol. The average Bonchev–Trinajstić information content (AvgIpc) is 3.39. The van der Waals surface area contributed by atoms with Gasteiger partial charge in [0.15, 0.2) is 6.61 Å². The van der Waals surface area contributed by atoms with Crippen LogP contribution in [-0.4, -0.2) is 57.2 Å². The molecule has 10 nitrogen and oxygen atoms in total. The molecule has 3 rings (SSSR count). The van der Waals surface area contributed by atoms with Crippen LogP contribution in [0.5, 0.6) is 0 Å². The molecule has 1 aliphatic heterocycles. The number of rotatable bonds is 6. The first kappa shape index (κ1) is 18.9. The maximum atomic E-state index is 12.5. The number of urea groups is 1. The van der Waals surface area contributed by atoms with Crippen LogP contribution in [0.2, 0.25) is 0 Å². The quantitative estimate of drug-likeness (QED) is 0.541. The zero-order valence-corrected chi connectivity index (χ0v) is 15.8. The van der Waals surface area contributed by atoms with Crippen LogP contribution in [0.1, 0.15) is 31.2 Å². The number of aromatic nitrogens is 2. The maximum absolute atomic E-state index is 12.5. The van der Waals surface area contributed by atoms with Gasteiger partial charge in [0.1, 0.15) is 12.1 Å². The van der Waals surface area contributed by atoms with Crippen molar-refractivity contribution in [1.82, 2.24) is 20.0 Å². The summed E-state index contributed by atoms with van der Waals surface area (Å²) >= 11 is 0. The molecular formula is C17H23N5O5. The summed E-state index contributed by atoms with van der Waals surface area (Å²) in [5.74, 6) is -1.68. The number of amides is 4. The summed E-state index contributed by atoms with van der Waals surface area (Å²) in [6.07, 6.45) is 1.74. The van der Waals surface area contributed by atoms with E-state index in [0.717, 1.165) is 23.4 Å². The number of imide groups is 1. The highest BCUT2D eigenvalue weighted by Gasteiger charge is 2.56. The van der Waals surface area contributed by atoms with Crippen molar-refractivity contribution in [3.05, 3.63) is 11.4 Å². The smallest absolute Gasteiger partial charge is 0.326 e. The van der Waals surface area contributed by atoms with Gasteiger partial charge in [0, 0.05) is 7.05 Å². The largest absolute Gasteiger partial charge is 0.454 e. The van der Waals surface area contributed by atoms with Gasteiger partial charge in [-0.3, -0.25) is 24.0 Å². The van der Waals surface area contributed by atoms with Crippen molar-refractivity contribution >= 4 is 29.5 Å². The predicted octanol–water partition coefficient (Wildman–Crippen LogP) is 0.239. The Balaban J connectivity index is 1.51. The summed E-state index contributed by atoms with van der Waals surface area (Å²) in [4.78, 5) is 49.3. The molecule has 0 bridgehead atoms. The summed E-state index contributed by atoms with van der Waals surface area (Å²) < 4.78 is 6.54. The first-order chi connectivity index (χ1) is 12.6. The summed E-state index contributed by atoms with van der Waals surface area (Å²) in [7, 11) is 1.76. The van der Waals surface area contributed by atoms with Crippen molar-refractivity contribution < 1.29 is 23.9 Å². The fourth-order valence-electron chi connectivity index (χ4n) is 3.25. The van der Waals surface area contributed by atoms with E-state index < -0.39 is 42.5 Å². The molecule has 1 aliphatic carbocycles. The molecule has 0 spiro atoms. The molecule has 1 aromatic heterocycles. The minimum absolute atomic E-state index is 0.103. The van der Waals surface area contributed by atoms with Gasteiger partial charge in [-0.25, -0.2) is 4.79 Å². The zero-order valence-electron chi connectivity index (χ0n) is 15.8. The van der Waals surface area contributed by atoms with E-state index >= 15 is 0 Å². The molecule has 4 amide bonds. The number of hydrogen-bond donors (Lipinski definition) is 2. The Bertz CT molecular complexity index is 828. The van der Waals surface area contributed by atoms with E-state index in [1.807, 2.05) is 0 Å². The number of hydrogen-bond acceptors (Lipinski definition) is 6. The lowest BCUT2D eigenvalue weighted by molar-refractivity contribution is -0.150. The summed E-state index contributed by atoms with van der Waals surface area (Å²) in [5.41, 5.74) is 1.02. The lowest BCUT2D eigenvalue weighted by Crippen LogP contribution is -2.46. The van der Waals surface area contributed by atoms with Gasteiger partial charge in [-0.05, 0) is 39.5 Å². The number of aryl methyl sites for hydroxylation is 2. The molecule has 1 atom stereocenters. The second kappa shape index (κ2) is 6.67. The lowest BCUT2D eigenvalue weighted by Gasteiger charge is -2.20. The van der Waals surface area contributed by atoms with Crippen molar-refractivity contribution in [2.24, 2.45) is 13.0 Å². The van der Waals surface area contributed by atoms with E-state index in [4.69, 9.17) is 4.74 Å². The number of ether oxygens (including phenoxy) is 1. The average molecular weight is 377 g/mol. The Hall–Kier alpha value is -2.91. The topological polar surface area (TPSA) is 123 Å². The molecule has 1 saturated heterocycles. The van der Waals surface area contributed by atoms with E-state index in [1.54, 1.807) is 32.5 Å². The van der Waals surface area contributed by atoms with E-state index in [-0.39, 0.29) is 5.92 Å². The number of nitrogens with zero attached hydrogens (tertiary/aromatic N) is 3. The molecule has 1 saturated carbocycles. The van der Waals surface area contributed by atoms with Gasteiger partial charge in [0.05, 0.1) is 17.1 Å². The van der Waals surface area contributed by atoms with Gasteiger partial charge in [0.25, 0.3) is 11.8 Å². The van der Waals surface area contributed by atoms with Crippen molar-refractivity contribution in [3.63, 3.8) is 0 Å². The second-order valence-corrected chi connectivity index (χ2v) is 7.18. The molecule has 27 heavy (non-hydrogen) atoms. The van der Waals surface area contributed by atoms with E-state index in [9.17, 15) is 19.2 Å². The number of nitrogens with one attached hydrogen (secondary N) is 2. The van der Waals surface area contributed by atoms with Crippen LogP contribution in [0.25, 0.3) is 0 Å². The minimum atomic E-state index is -0.954. The molecule has 146 valence electrons. The van der Waals surface area contributed by atoms with Gasteiger partial charge in [-0.15, -0.1) is 0 Å². The van der Waals surface area contributed by atoms with Gasteiger partial charge in [-0.2, -0.15) is 5.10 Å². The number of anilines is 1. The Labute approximate surface area is 156 Å². The van der Waals surface area contributed by atoms with E-state index in [0.29, 0.717) is 11.4 Å². The van der Waals surface area contributed by atoms with Crippen LogP contribution in [-0.2, 0) is 26.2 Å². The third-order valence-electron chi connectivity index (χ3n) is 5.12. The Morgan fingerprint density at radius 2 is 2.00 bits per heavy atom. The van der Waals surface area contributed by atoms with Gasteiger partial charge < -0.3 is 15.4 Å². The summed E-state index contributed by atoms with van der Waals surface area (Å²) in [5, 5.41) is 9.48. The zero-order chi connectivity index (χ0) is 19.9. The molecule has 2 N–H and O–H groups in total. The van der Waals surface area contributed by atoms with Crippen LogP contribution in [0.4, 0.5) is 10.5 Å². The fourth-order valence-corrected chi connectivity index (χ4v) is 3.25. The standard InChI is InChI=1S/C17H23N5O5/c1-9-14(10(2)21(4)20-9)18-12(23)8-27-13(24)7-22-15(25)17(3,11-5-6-11)19-16(22)26/h11H,5-8H2,1-4H3,(H,18,23)(H,19,26)/t17-/m1/s1. The van der Waals surface area contributed by atoms with Crippen LogP contribution < -0.4 is 10.6 Å². The van der Waals surface area contributed by atoms with Gasteiger partial charge in [0.2, 0.25) is 0 Å². The molecule has 0 aromatic carbocycles. The summed E-state index contributed by atoms with van der Waals surface area (Å²) in [6, 6.07) is -0.614. The number of carbonyl (C=O) groups excluding carboxylic acids is 4. The molecule has 0 unspecified atom stereocenters. The summed E-state index contributed by atoms with van der Waals surface area (Å²) in [6.45, 7) is 4.18. The molecule has 1 aromatic rings. The van der Waals surface area contributed by atoms with Gasteiger partial charge >= 0.3 is 12.0 Å². The minimum Gasteiger partial charge on any atom is -0.454 e. The maximum Gasteiger partial charge on any atom is 0.326 e. The molecule has 0 radical (unpaired) electrons. The lowest BCUT2D eigenvalue weighted by atomic mass is 9.96. The Kier molecular flexibility index (Phi) is 4.66. The number of esters is 1. The van der Waals surface area contributed by atoms with E-state index in [2.05, 4.69) is 15.7 Å². The first-order valence-corrected chi connectivity index (χ1v) is 8.73. The van der Waals surface area contributed by atoms with Crippen LogP contribution in [0, 0.1) is 19.8 Å². The molecule has 2 fully saturated rings. The normalized spacial score (nSPS) is 22.0. The fraction of sp³-hybridized carbons (Fsp3) is 0.588. The highest BCUT2D eigenvalue weighted by molar-refractivity contribution is 6.09. The third-order valence-corrected chi connectivity index (χ3v) is 5.12. The first-order valence-electron chi connectivity index (χ1n) is 8.73. The van der Waals surface area contributed by atoms with E-state index in [1.165, 1.54) is 0 Å². The van der Waals surface area contributed by atoms with Crippen LogP contribution in [0.3, 0.4) is 0 Å². The SMILES string of the molecule is Cc1nn(C)c(C)c1NC(=O)COC(=O)CN1C(=O)N[C@](C)(C2CC2)C1=O. The van der Waals surface area contributed by atoms with Gasteiger partial charge in [-0.1, -0.05) is 0 Å². The van der Waals surface area contributed by atoms with Crippen molar-refractivity contribution in [3.8, 4) is 0 Å². The number of carbonyl (C=O) groups is 4. The Morgan fingerprint density at radius 3 is 2.56 bits per heavy atom. The highest BCUT2D eigenvalue weighted by atomic mass is 16.5. The van der Waals surface area contributed by atoms with Crippen LogP contribution >= 0.6 is 0 Å². The van der Waals surface area contributed by atoms with Crippen molar-refractivity contribution in [1.29, 1.82) is 0 Å². The predicted molar refractivity (Wildman–Crippen MR) is 93.6 cm³/mol. The third kappa shape index (κ3) is 3.51. The molecule has 2 heterocycles. The molecule has 2 aliphatic rings. The second-order valence-electron chi connectivity index (χ2n) is 7.18. The Morgan fingerprint density at radius 1 is 1.33 bits per heavy atom.